The molecule has 114 valence electrons. The van der Waals surface area contributed by atoms with Crippen LogP contribution in [0.1, 0.15) is 84.0 Å². The van der Waals surface area contributed by atoms with Crippen molar-refractivity contribution in [3.05, 3.63) is 12.2 Å². The average molecular weight is 277 g/mol. The van der Waals surface area contributed by atoms with Crippen molar-refractivity contribution in [3.8, 4) is 0 Å². The average Bonchev–Trinajstić information content (AvgIpc) is 2.84. The number of allylic oxidation sites excluding steroid dienone is 1. The minimum absolute atomic E-state index is 0.410. The number of nitrogens with zero attached hydrogens (tertiary/aromatic N) is 1. The summed E-state index contributed by atoms with van der Waals surface area (Å²) in [4.78, 5) is 14.2. The van der Waals surface area contributed by atoms with Gasteiger partial charge in [0, 0.05) is 18.5 Å². The minimum atomic E-state index is 0.410. The molecule has 0 saturated carbocycles. The third-order valence-electron chi connectivity index (χ3n) is 4.89. The molecule has 2 rings (SSSR count). The fourth-order valence-electron chi connectivity index (χ4n) is 3.74. The molecular formula is C18H31NO. The Morgan fingerprint density at radius 2 is 1.95 bits per heavy atom. The topological polar surface area (TPSA) is 20.3 Å². The molecule has 2 atom stereocenters. The summed E-state index contributed by atoms with van der Waals surface area (Å²) in [5, 5.41) is 0. The standard InChI is InChI=1S/C18H31NO/c1-2-3-4-5-6-7-8-9-11-16-12-10-13-17-14-15-18(20)19(16)17/h8-9,16-17H,2-7,10-15H2,1H3/b9-8-/t16-,17+/m0/s1. The number of hydrogen-bond donors (Lipinski definition) is 0. The maximum Gasteiger partial charge on any atom is 0.223 e. The summed E-state index contributed by atoms with van der Waals surface area (Å²) in [6, 6.07) is 1.07. The molecular weight excluding hydrogens is 246 g/mol. The lowest BCUT2D eigenvalue weighted by Crippen LogP contribution is -2.44. The smallest absolute Gasteiger partial charge is 0.223 e. The number of piperidine rings is 1. The molecule has 0 N–H and O–H groups in total. The van der Waals surface area contributed by atoms with E-state index >= 15 is 0 Å². The molecule has 0 radical (unpaired) electrons. The van der Waals surface area contributed by atoms with E-state index in [0.29, 0.717) is 18.0 Å². The molecule has 0 aromatic carbocycles. The number of fused-ring (bicyclic) bond motifs is 1. The van der Waals surface area contributed by atoms with Crippen LogP contribution in [0.15, 0.2) is 12.2 Å². The minimum Gasteiger partial charge on any atom is -0.336 e. The van der Waals surface area contributed by atoms with Crippen molar-refractivity contribution in [2.24, 2.45) is 0 Å². The highest BCUT2D eigenvalue weighted by molar-refractivity contribution is 5.79. The lowest BCUT2D eigenvalue weighted by Gasteiger charge is -2.37. The van der Waals surface area contributed by atoms with Gasteiger partial charge in [-0.25, -0.2) is 0 Å². The first-order valence-corrected chi connectivity index (χ1v) is 8.79. The maximum atomic E-state index is 12.0. The molecule has 2 nitrogen and oxygen atoms in total. The molecule has 2 aliphatic rings. The van der Waals surface area contributed by atoms with Crippen LogP contribution in [0.2, 0.25) is 0 Å². The van der Waals surface area contributed by atoms with Crippen LogP contribution in [0.5, 0.6) is 0 Å². The number of amides is 1. The first kappa shape index (κ1) is 15.6. The Labute approximate surface area is 124 Å². The van der Waals surface area contributed by atoms with E-state index in [1.54, 1.807) is 0 Å². The summed E-state index contributed by atoms with van der Waals surface area (Å²) in [7, 11) is 0. The molecule has 0 spiro atoms. The SMILES string of the molecule is CCCCCCC/C=C\C[C@H]1CCC[C@@H]2CCC(=O)N21. The van der Waals surface area contributed by atoms with E-state index in [0.717, 1.165) is 19.3 Å². The fourth-order valence-corrected chi connectivity index (χ4v) is 3.74. The maximum absolute atomic E-state index is 12.0. The summed E-state index contributed by atoms with van der Waals surface area (Å²) >= 11 is 0. The number of rotatable bonds is 8. The summed E-state index contributed by atoms with van der Waals surface area (Å²) < 4.78 is 0. The Hall–Kier alpha value is -0.790. The highest BCUT2D eigenvalue weighted by atomic mass is 16.2. The normalized spacial score (nSPS) is 26.4. The molecule has 0 bridgehead atoms. The van der Waals surface area contributed by atoms with Gasteiger partial charge in [-0.1, -0.05) is 44.8 Å². The molecule has 0 aromatic heterocycles. The first-order chi connectivity index (χ1) is 9.83. The van der Waals surface area contributed by atoms with E-state index in [1.807, 2.05) is 0 Å². The molecule has 2 fully saturated rings. The second kappa shape index (κ2) is 8.49. The molecule has 0 unspecified atom stereocenters. The Bertz CT molecular complexity index is 323. The van der Waals surface area contributed by atoms with Crippen molar-refractivity contribution in [2.45, 2.75) is 96.1 Å². The van der Waals surface area contributed by atoms with Crippen molar-refractivity contribution in [1.82, 2.24) is 4.90 Å². The largest absolute Gasteiger partial charge is 0.336 e. The van der Waals surface area contributed by atoms with Crippen LogP contribution in [0.4, 0.5) is 0 Å². The van der Waals surface area contributed by atoms with E-state index in [4.69, 9.17) is 0 Å². The number of hydrogen-bond acceptors (Lipinski definition) is 1. The Balaban J connectivity index is 1.64. The zero-order valence-corrected chi connectivity index (χ0v) is 13.2. The van der Waals surface area contributed by atoms with Crippen LogP contribution in [0.25, 0.3) is 0 Å². The van der Waals surface area contributed by atoms with Crippen LogP contribution < -0.4 is 0 Å². The van der Waals surface area contributed by atoms with Crippen LogP contribution >= 0.6 is 0 Å². The highest BCUT2D eigenvalue weighted by Gasteiger charge is 2.37. The van der Waals surface area contributed by atoms with Gasteiger partial charge in [0.15, 0.2) is 0 Å². The van der Waals surface area contributed by atoms with E-state index < -0.39 is 0 Å². The van der Waals surface area contributed by atoms with Gasteiger partial charge in [0.25, 0.3) is 0 Å². The third kappa shape index (κ3) is 4.36. The van der Waals surface area contributed by atoms with Gasteiger partial charge < -0.3 is 4.90 Å². The van der Waals surface area contributed by atoms with Gasteiger partial charge in [0.2, 0.25) is 5.91 Å². The van der Waals surface area contributed by atoms with Gasteiger partial charge in [-0.3, -0.25) is 4.79 Å². The Morgan fingerprint density at radius 1 is 1.10 bits per heavy atom. The molecule has 2 saturated heterocycles. The van der Waals surface area contributed by atoms with Crippen LogP contribution in [-0.4, -0.2) is 22.9 Å². The third-order valence-corrected chi connectivity index (χ3v) is 4.89. The first-order valence-electron chi connectivity index (χ1n) is 8.79. The monoisotopic (exact) mass is 277 g/mol. The zero-order chi connectivity index (χ0) is 14.2. The quantitative estimate of drug-likeness (QED) is 0.459. The summed E-state index contributed by atoms with van der Waals surface area (Å²) in [5.41, 5.74) is 0. The second-order valence-electron chi connectivity index (χ2n) is 6.49. The van der Waals surface area contributed by atoms with Gasteiger partial charge in [-0.15, -0.1) is 0 Å². The summed E-state index contributed by atoms with van der Waals surface area (Å²) in [5.74, 6) is 0.410. The summed E-state index contributed by atoms with van der Waals surface area (Å²) in [6.45, 7) is 2.26. The number of unbranched alkanes of at least 4 members (excludes halogenated alkanes) is 5. The lowest BCUT2D eigenvalue weighted by atomic mass is 9.94. The van der Waals surface area contributed by atoms with Gasteiger partial charge in [0.1, 0.15) is 0 Å². The molecule has 0 aromatic rings. The fraction of sp³-hybridized carbons (Fsp3) is 0.833. The molecule has 2 aliphatic heterocycles. The van der Waals surface area contributed by atoms with Crippen molar-refractivity contribution in [1.29, 1.82) is 0 Å². The van der Waals surface area contributed by atoms with E-state index in [9.17, 15) is 4.79 Å². The summed E-state index contributed by atoms with van der Waals surface area (Å²) in [6.07, 6.45) is 19.4. The van der Waals surface area contributed by atoms with E-state index in [-0.39, 0.29) is 0 Å². The van der Waals surface area contributed by atoms with Gasteiger partial charge in [-0.2, -0.15) is 0 Å². The number of carbonyl (C=O) groups excluding carboxylic acids is 1. The number of carbonyl (C=O) groups is 1. The van der Waals surface area contributed by atoms with Gasteiger partial charge in [-0.05, 0) is 44.9 Å². The Morgan fingerprint density at radius 3 is 2.80 bits per heavy atom. The van der Waals surface area contributed by atoms with Crippen molar-refractivity contribution in [2.75, 3.05) is 0 Å². The predicted octanol–water partition coefficient (Wildman–Crippen LogP) is 4.84. The lowest BCUT2D eigenvalue weighted by molar-refractivity contribution is -0.132. The zero-order valence-electron chi connectivity index (χ0n) is 13.2. The second-order valence-corrected chi connectivity index (χ2v) is 6.49. The van der Waals surface area contributed by atoms with E-state index in [1.165, 1.54) is 57.8 Å². The predicted molar refractivity (Wildman–Crippen MR) is 84.6 cm³/mol. The molecule has 0 aliphatic carbocycles. The van der Waals surface area contributed by atoms with Crippen molar-refractivity contribution < 1.29 is 4.79 Å². The highest BCUT2D eigenvalue weighted by Crippen LogP contribution is 2.33. The van der Waals surface area contributed by atoms with Crippen LogP contribution in [0.3, 0.4) is 0 Å². The molecule has 1 amide bonds. The van der Waals surface area contributed by atoms with E-state index in [2.05, 4.69) is 24.0 Å². The van der Waals surface area contributed by atoms with Crippen molar-refractivity contribution in [3.63, 3.8) is 0 Å². The molecule has 2 heterocycles. The van der Waals surface area contributed by atoms with Crippen molar-refractivity contribution >= 4 is 5.91 Å². The molecule has 20 heavy (non-hydrogen) atoms. The Kier molecular flexibility index (Phi) is 6.62. The molecule has 2 heteroatoms. The van der Waals surface area contributed by atoms with Gasteiger partial charge >= 0.3 is 0 Å². The van der Waals surface area contributed by atoms with Crippen LogP contribution in [0, 0.1) is 0 Å². The van der Waals surface area contributed by atoms with Gasteiger partial charge in [0.05, 0.1) is 0 Å². The van der Waals surface area contributed by atoms with Crippen LogP contribution in [-0.2, 0) is 4.79 Å².